The molecule has 2 aliphatic carbocycles. The summed E-state index contributed by atoms with van der Waals surface area (Å²) in [5, 5.41) is 5.93. The molecule has 2 bridgehead atoms. The molecule has 0 heterocycles. The van der Waals surface area contributed by atoms with Crippen LogP contribution in [0.5, 0.6) is 0 Å². The molecule has 4 N–H and O–H groups in total. The van der Waals surface area contributed by atoms with E-state index in [9.17, 15) is 9.59 Å². The summed E-state index contributed by atoms with van der Waals surface area (Å²) in [6.45, 7) is 1.83. The lowest BCUT2D eigenvalue weighted by Gasteiger charge is -2.27. The first kappa shape index (κ1) is 18.9. The third-order valence-corrected chi connectivity index (χ3v) is 5.78. The van der Waals surface area contributed by atoms with Crippen molar-refractivity contribution in [3.05, 3.63) is 35.4 Å². The van der Waals surface area contributed by atoms with Gasteiger partial charge in [-0.2, -0.15) is 0 Å². The highest BCUT2D eigenvalue weighted by Gasteiger charge is 2.48. The first-order chi connectivity index (χ1) is 12.5. The van der Waals surface area contributed by atoms with Crippen molar-refractivity contribution < 1.29 is 9.59 Å². The molecule has 0 radical (unpaired) electrons. The average Bonchev–Trinajstić information content (AvgIpc) is 3.20. The molecular formula is C20H30N4O2. The predicted molar refractivity (Wildman–Crippen MR) is 101 cm³/mol. The fourth-order valence-electron chi connectivity index (χ4n) is 4.35. The second-order valence-electron chi connectivity index (χ2n) is 7.91. The number of benzene rings is 1. The van der Waals surface area contributed by atoms with Gasteiger partial charge in [0, 0.05) is 31.2 Å². The van der Waals surface area contributed by atoms with Gasteiger partial charge in [-0.25, -0.2) is 0 Å². The van der Waals surface area contributed by atoms with Crippen molar-refractivity contribution in [2.24, 2.45) is 23.5 Å². The van der Waals surface area contributed by atoms with E-state index in [-0.39, 0.29) is 23.8 Å². The number of carbonyl (C=O) groups excluding carboxylic acids is 2. The predicted octanol–water partition coefficient (Wildman–Crippen LogP) is 0.968. The molecule has 3 rings (SSSR count). The zero-order chi connectivity index (χ0) is 18.7. The number of fused-ring (bicyclic) bond motifs is 2. The van der Waals surface area contributed by atoms with Crippen molar-refractivity contribution in [3.8, 4) is 0 Å². The lowest BCUT2D eigenvalue weighted by molar-refractivity contribution is -0.127. The molecule has 6 heteroatoms. The standard InChI is InChI=1S/C20H30N4O2/c1-24(2)9-8-22-19(25)16-5-3-4-13(10-16)12-23-20(26)17-14-6-7-15(11-14)18(17)21/h3-5,10,14-15,17-18H,6-9,11-12,21H2,1-2H3,(H,22,25)(H,23,26). The Kier molecular flexibility index (Phi) is 5.94. The van der Waals surface area contributed by atoms with E-state index < -0.39 is 0 Å². The quantitative estimate of drug-likeness (QED) is 0.678. The Morgan fingerprint density at radius 1 is 1.19 bits per heavy atom. The van der Waals surface area contributed by atoms with Crippen molar-refractivity contribution in [2.45, 2.75) is 31.8 Å². The van der Waals surface area contributed by atoms with Crippen molar-refractivity contribution in [1.29, 1.82) is 0 Å². The molecule has 0 aromatic heterocycles. The van der Waals surface area contributed by atoms with E-state index in [1.807, 2.05) is 37.2 Å². The van der Waals surface area contributed by atoms with Crippen LogP contribution in [-0.4, -0.2) is 49.9 Å². The van der Waals surface area contributed by atoms with E-state index in [2.05, 4.69) is 10.6 Å². The van der Waals surface area contributed by atoms with Crippen LogP contribution in [0.15, 0.2) is 24.3 Å². The largest absolute Gasteiger partial charge is 0.352 e. The first-order valence-corrected chi connectivity index (χ1v) is 9.51. The normalized spacial score (nSPS) is 26.9. The molecule has 0 saturated heterocycles. The number of amides is 2. The van der Waals surface area contributed by atoms with Gasteiger partial charge in [0.15, 0.2) is 0 Å². The van der Waals surface area contributed by atoms with Gasteiger partial charge in [-0.05, 0) is 62.9 Å². The summed E-state index contributed by atoms with van der Waals surface area (Å²) < 4.78 is 0. The van der Waals surface area contributed by atoms with Gasteiger partial charge in [0.05, 0.1) is 5.92 Å². The Bertz CT molecular complexity index is 659. The van der Waals surface area contributed by atoms with Gasteiger partial charge < -0.3 is 21.3 Å². The minimum atomic E-state index is -0.0878. The molecule has 26 heavy (non-hydrogen) atoms. The summed E-state index contributed by atoms with van der Waals surface area (Å²) in [4.78, 5) is 26.8. The highest BCUT2D eigenvalue weighted by Crippen LogP contribution is 2.47. The zero-order valence-corrected chi connectivity index (χ0v) is 15.7. The molecule has 0 spiro atoms. The maximum absolute atomic E-state index is 12.6. The molecule has 0 aliphatic heterocycles. The molecule has 2 aliphatic rings. The summed E-state index contributed by atoms with van der Waals surface area (Å²) in [5.74, 6) is 0.890. The number of nitrogens with zero attached hydrogens (tertiary/aromatic N) is 1. The summed E-state index contributed by atoms with van der Waals surface area (Å²) >= 11 is 0. The van der Waals surface area contributed by atoms with Crippen molar-refractivity contribution in [2.75, 3.05) is 27.2 Å². The lowest BCUT2D eigenvalue weighted by atomic mass is 9.84. The molecule has 142 valence electrons. The minimum Gasteiger partial charge on any atom is -0.352 e. The highest BCUT2D eigenvalue weighted by molar-refractivity contribution is 5.94. The third-order valence-electron chi connectivity index (χ3n) is 5.78. The van der Waals surface area contributed by atoms with Gasteiger partial charge in [-0.3, -0.25) is 9.59 Å². The maximum Gasteiger partial charge on any atom is 0.251 e. The van der Waals surface area contributed by atoms with Gasteiger partial charge in [0.25, 0.3) is 5.91 Å². The third kappa shape index (κ3) is 4.24. The van der Waals surface area contributed by atoms with E-state index in [1.165, 1.54) is 6.42 Å². The fraction of sp³-hybridized carbons (Fsp3) is 0.600. The SMILES string of the molecule is CN(C)CCNC(=O)c1cccc(CNC(=O)C2C3CCC(C3)C2N)c1. The minimum absolute atomic E-state index is 0.00237. The topological polar surface area (TPSA) is 87.5 Å². The average molecular weight is 358 g/mol. The van der Waals surface area contributed by atoms with Gasteiger partial charge >= 0.3 is 0 Å². The van der Waals surface area contributed by atoms with Gasteiger partial charge in [0.2, 0.25) is 5.91 Å². The number of nitrogens with one attached hydrogen (secondary N) is 2. The Hall–Kier alpha value is -1.92. The van der Waals surface area contributed by atoms with Gasteiger partial charge in [-0.1, -0.05) is 12.1 Å². The molecule has 4 atom stereocenters. The van der Waals surface area contributed by atoms with Gasteiger partial charge in [-0.15, -0.1) is 0 Å². The number of rotatable bonds is 7. The number of hydrogen-bond acceptors (Lipinski definition) is 4. The van der Waals surface area contributed by atoms with Crippen LogP contribution in [0.1, 0.15) is 35.2 Å². The lowest BCUT2D eigenvalue weighted by Crippen LogP contribution is -2.45. The Morgan fingerprint density at radius 3 is 2.65 bits per heavy atom. The molecule has 1 aromatic carbocycles. The van der Waals surface area contributed by atoms with Crippen molar-refractivity contribution in [3.63, 3.8) is 0 Å². The zero-order valence-electron chi connectivity index (χ0n) is 15.7. The van der Waals surface area contributed by atoms with Crippen LogP contribution in [0, 0.1) is 17.8 Å². The molecular weight excluding hydrogens is 328 g/mol. The van der Waals surface area contributed by atoms with Gasteiger partial charge in [0.1, 0.15) is 0 Å². The van der Waals surface area contributed by atoms with Crippen LogP contribution < -0.4 is 16.4 Å². The summed E-state index contributed by atoms with van der Waals surface area (Å²) in [6.07, 6.45) is 3.39. The Balaban J connectivity index is 1.52. The van der Waals surface area contributed by atoms with Crippen molar-refractivity contribution >= 4 is 11.8 Å². The van der Waals surface area contributed by atoms with E-state index in [0.29, 0.717) is 30.5 Å². The number of hydrogen-bond donors (Lipinski definition) is 3. The smallest absolute Gasteiger partial charge is 0.251 e. The summed E-state index contributed by atoms with van der Waals surface area (Å²) in [6, 6.07) is 7.42. The maximum atomic E-state index is 12.6. The Labute approximate surface area is 155 Å². The van der Waals surface area contributed by atoms with E-state index in [0.717, 1.165) is 24.9 Å². The monoisotopic (exact) mass is 358 g/mol. The van der Waals surface area contributed by atoms with Crippen LogP contribution in [0.2, 0.25) is 0 Å². The van der Waals surface area contributed by atoms with Crippen LogP contribution in [-0.2, 0) is 11.3 Å². The summed E-state index contributed by atoms with van der Waals surface area (Å²) in [7, 11) is 3.94. The molecule has 6 nitrogen and oxygen atoms in total. The molecule has 2 saturated carbocycles. The van der Waals surface area contributed by atoms with E-state index >= 15 is 0 Å². The summed E-state index contributed by atoms with van der Waals surface area (Å²) in [5.41, 5.74) is 7.79. The van der Waals surface area contributed by atoms with Crippen LogP contribution in [0.3, 0.4) is 0 Å². The molecule has 1 aromatic rings. The van der Waals surface area contributed by atoms with Crippen LogP contribution >= 0.6 is 0 Å². The van der Waals surface area contributed by atoms with Crippen LogP contribution in [0.25, 0.3) is 0 Å². The Morgan fingerprint density at radius 2 is 1.96 bits per heavy atom. The second-order valence-corrected chi connectivity index (χ2v) is 7.91. The first-order valence-electron chi connectivity index (χ1n) is 9.51. The highest BCUT2D eigenvalue weighted by atomic mass is 16.2. The second kappa shape index (κ2) is 8.18. The molecule has 4 unspecified atom stereocenters. The van der Waals surface area contributed by atoms with E-state index in [4.69, 9.17) is 5.73 Å². The number of nitrogens with two attached hydrogens (primary N) is 1. The van der Waals surface area contributed by atoms with E-state index in [1.54, 1.807) is 6.07 Å². The molecule has 2 fully saturated rings. The fourth-order valence-corrected chi connectivity index (χ4v) is 4.35. The molecule has 2 amide bonds. The van der Waals surface area contributed by atoms with Crippen LogP contribution in [0.4, 0.5) is 0 Å². The number of likely N-dealkylation sites (N-methyl/N-ethyl adjacent to an activating group) is 1. The number of carbonyl (C=O) groups is 2. The van der Waals surface area contributed by atoms with Crippen molar-refractivity contribution in [1.82, 2.24) is 15.5 Å².